The number of hydrogen-bond donors (Lipinski definition) is 1. The van der Waals surface area contributed by atoms with Crippen LogP contribution in [0.15, 0.2) is 53.7 Å². The lowest BCUT2D eigenvalue weighted by Gasteiger charge is -2.26. The van der Waals surface area contributed by atoms with Crippen molar-refractivity contribution >= 4 is 29.3 Å². The van der Waals surface area contributed by atoms with Crippen molar-refractivity contribution in [2.45, 2.75) is 95.0 Å². The molecule has 1 aliphatic heterocycles. The quantitative estimate of drug-likeness (QED) is 0.279. The first kappa shape index (κ1) is 31.2. The normalized spacial score (nSPS) is 17.6. The Kier molecular flexibility index (Phi) is 10.2. The summed E-state index contributed by atoms with van der Waals surface area (Å²) in [5, 5.41) is 12.7. The smallest absolute Gasteiger partial charge is 0.240 e. The molecular weight excluding hydrogens is 565 g/mol. The van der Waals surface area contributed by atoms with E-state index in [1.807, 2.05) is 4.57 Å². The highest BCUT2D eigenvalue weighted by Gasteiger charge is 2.26. The molecular formula is C33H42FN5O3S. The Morgan fingerprint density at radius 3 is 2.37 bits per heavy atom. The van der Waals surface area contributed by atoms with E-state index in [9.17, 15) is 14.0 Å². The van der Waals surface area contributed by atoms with Gasteiger partial charge in [-0.15, -0.1) is 10.2 Å². The molecule has 2 fully saturated rings. The maximum absolute atomic E-state index is 13.7. The van der Waals surface area contributed by atoms with Crippen LogP contribution in [-0.4, -0.2) is 57.6 Å². The van der Waals surface area contributed by atoms with Gasteiger partial charge in [-0.05, 0) is 60.9 Å². The predicted octanol–water partition coefficient (Wildman–Crippen LogP) is 6.13. The highest BCUT2D eigenvalue weighted by molar-refractivity contribution is 7.99. The van der Waals surface area contributed by atoms with Gasteiger partial charge in [0.2, 0.25) is 11.8 Å². The number of anilines is 1. The van der Waals surface area contributed by atoms with Gasteiger partial charge in [0.1, 0.15) is 12.4 Å². The zero-order chi connectivity index (χ0) is 30.4. The van der Waals surface area contributed by atoms with Gasteiger partial charge in [0.15, 0.2) is 11.0 Å². The molecule has 5 rings (SSSR count). The zero-order valence-corrected chi connectivity index (χ0v) is 26.2. The molecule has 1 atom stereocenters. The lowest BCUT2D eigenvalue weighted by molar-refractivity contribution is -0.123. The third-order valence-electron chi connectivity index (χ3n) is 8.17. The molecule has 1 aliphatic carbocycles. The molecule has 10 heteroatoms. The monoisotopic (exact) mass is 607 g/mol. The number of aromatic nitrogens is 3. The van der Waals surface area contributed by atoms with E-state index in [0.717, 1.165) is 56.5 Å². The Bertz CT molecular complexity index is 1380. The minimum atomic E-state index is -0.400. The number of ether oxygens (including phenoxy) is 1. The summed E-state index contributed by atoms with van der Waals surface area (Å²) in [6.45, 7) is 7.74. The van der Waals surface area contributed by atoms with Crippen molar-refractivity contribution in [3.8, 4) is 11.4 Å². The molecule has 1 saturated heterocycles. The molecule has 3 aromatic rings. The van der Waals surface area contributed by atoms with Crippen molar-refractivity contribution in [2.24, 2.45) is 0 Å². The summed E-state index contributed by atoms with van der Waals surface area (Å²) >= 11 is 1.29. The van der Waals surface area contributed by atoms with Crippen LogP contribution >= 0.6 is 11.8 Å². The number of carbonyl (C=O) groups is 2. The van der Waals surface area contributed by atoms with Crippen LogP contribution in [0.5, 0.6) is 0 Å². The number of nitrogens with zero attached hydrogens (tertiary/aromatic N) is 4. The van der Waals surface area contributed by atoms with Crippen LogP contribution in [-0.2, 0) is 26.3 Å². The molecule has 230 valence electrons. The van der Waals surface area contributed by atoms with Crippen LogP contribution in [0.1, 0.15) is 71.3 Å². The van der Waals surface area contributed by atoms with Crippen molar-refractivity contribution in [2.75, 3.05) is 23.8 Å². The summed E-state index contributed by atoms with van der Waals surface area (Å²) < 4.78 is 21.7. The van der Waals surface area contributed by atoms with Gasteiger partial charge in [0.25, 0.3) is 0 Å². The molecule has 2 heterocycles. The topological polar surface area (TPSA) is 89.4 Å². The second-order valence-corrected chi connectivity index (χ2v) is 13.5. The number of rotatable bonds is 10. The van der Waals surface area contributed by atoms with Crippen LogP contribution < -0.4 is 10.2 Å². The average molecular weight is 608 g/mol. The standard InChI is InChI=1S/C33H42FN5O3S/c1-33(2,3)24-13-11-23(12-14-24)31-36-37-32(39(31)20-28-10-7-19-42-28)43-22-30(41)38(27-17-15-25(34)16-18-27)21-29(40)35-26-8-5-4-6-9-26/h11-18,26,28H,4-10,19-22H2,1-3H3,(H,35,40). The molecule has 2 aliphatic rings. The Labute approximate surface area is 257 Å². The van der Waals surface area contributed by atoms with E-state index in [2.05, 4.69) is 60.6 Å². The molecule has 1 aromatic heterocycles. The van der Waals surface area contributed by atoms with E-state index < -0.39 is 5.82 Å². The summed E-state index contributed by atoms with van der Waals surface area (Å²) in [6, 6.07) is 14.2. The fourth-order valence-electron chi connectivity index (χ4n) is 5.70. The number of halogens is 1. The van der Waals surface area contributed by atoms with Gasteiger partial charge in [0, 0.05) is 23.9 Å². The van der Waals surface area contributed by atoms with Gasteiger partial charge < -0.3 is 15.0 Å². The second-order valence-electron chi connectivity index (χ2n) is 12.5. The fraction of sp³-hybridized carbons (Fsp3) is 0.515. The summed E-state index contributed by atoms with van der Waals surface area (Å²) in [6.07, 6.45) is 7.30. The van der Waals surface area contributed by atoms with E-state index >= 15 is 0 Å². The molecule has 0 radical (unpaired) electrons. The first-order chi connectivity index (χ1) is 20.7. The summed E-state index contributed by atoms with van der Waals surface area (Å²) in [5.74, 6) is -0.105. The molecule has 1 N–H and O–H groups in total. The van der Waals surface area contributed by atoms with Gasteiger partial charge in [-0.3, -0.25) is 14.2 Å². The first-order valence-electron chi connectivity index (χ1n) is 15.3. The maximum Gasteiger partial charge on any atom is 0.240 e. The lowest BCUT2D eigenvalue weighted by Crippen LogP contribution is -2.45. The summed E-state index contributed by atoms with van der Waals surface area (Å²) in [4.78, 5) is 28.1. The molecule has 2 amide bonds. The molecule has 1 unspecified atom stereocenters. The molecule has 8 nitrogen and oxygen atoms in total. The highest BCUT2D eigenvalue weighted by atomic mass is 32.2. The molecule has 2 aromatic carbocycles. The van der Waals surface area contributed by atoms with E-state index in [1.165, 1.54) is 52.9 Å². The Morgan fingerprint density at radius 2 is 1.72 bits per heavy atom. The van der Waals surface area contributed by atoms with Gasteiger partial charge >= 0.3 is 0 Å². The minimum absolute atomic E-state index is 0.0367. The van der Waals surface area contributed by atoms with Crippen molar-refractivity contribution in [3.05, 3.63) is 59.9 Å². The zero-order valence-electron chi connectivity index (χ0n) is 25.4. The van der Waals surface area contributed by atoms with Crippen LogP contribution in [0.3, 0.4) is 0 Å². The van der Waals surface area contributed by atoms with Gasteiger partial charge in [-0.25, -0.2) is 4.39 Å². The van der Waals surface area contributed by atoms with E-state index in [-0.39, 0.29) is 41.7 Å². The van der Waals surface area contributed by atoms with Gasteiger partial charge in [0.05, 0.1) is 18.4 Å². The Balaban J connectivity index is 1.34. The summed E-state index contributed by atoms with van der Waals surface area (Å²) in [5.41, 5.74) is 2.69. The van der Waals surface area contributed by atoms with Crippen LogP contribution in [0, 0.1) is 5.82 Å². The lowest BCUT2D eigenvalue weighted by atomic mass is 9.87. The van der Waals surface area contributed by atoms with E-state index in [1.54, 1.807) is 0 Å². The first-order valence-corrected chi connectivity index (χ1v) is 16.3. The molecule has 0 bridgehead atoms. The summed E-state index contributed by atoms with van der Waals surface area (Å²) in [7, 11) is 0. The minimum Gasteiger partial charge on any atom is -0.376 e. The molecule has 43 heavy (non-hydrogen) atoms. The van der Waals surface area contributed by atoms with Gasteiger partial charge in [-0.1, -0.05) is 76.1 Å². The van der Waals surface area contributed by atoms with Crippen molar-refractivity contribution in [1.82, 2.24) is 20.1 Å². The van der Waals surface area contributed by atoms with Crippen LogP contribution in [0.25, 0.3) is 11.4 Å². The fourth-order valence-corrected chi connectivity index (χ4v) is 6.52. The Hall–Kier alpha value is -3.24. The average Bonchev–Trinajstić information content (AvgIpc) is 3.66. The van der Waals surface area contributed by atoms with Crippen LogP contribution in [0.2, 0.25) is 0 Å². The van der Waals surface area contributed by atoms with Crippen LogP contribution in [0.4, 0.5) is 10.1 Å². The van der Waals surface area contributed by atoms with Crippen molar-refractivity contribution in [1.29, 1.82) is 0 Å². The number of hydrogen-bond acceptors (Lipinski definition) is 6. The van der Waals surface area contributed by atoms with Gasteiger partial charge in [-0.2, -0.15) is 0 Å². The number of carbonyl (C=O) groups excluding carboxylic acids is 2. The molecule has 1 saturated carbocycles. The predicted molar refractivity (Wildman–Crippen MR) is 168 cm³/mol. The maximum atomic E-state index is 13.7. The van der Waals surface area contributed by atoms with Crippen molar-refractivity contribution < 1.29 is 18.7 Å². The third kappa shape index (κ3) is 8.23. The number of thioether (sulfide) groups is 1. The largest absolute Gasteiger partial charge is 0.376 e. The number of amides is 2. The Morgan fingerprint density at radius 1 is 1.00 bits per heavy atom. The van der Waals surface area contributed by atoms with Crippen molar-refractivity contribution in [3.63, 3.8) is 0 Å². The highest BCUT2D eigenvalue weighted by Crippen LogP contribution is 2.30. The van der Waals surface area contributed by atoms with E-state index in [4.69, 9.17) is 4.74 Å². The SMILES string of the molecule is CC(C)(C)c1ccc(-c2nnc(SCC(=O)N(CC(=O)NC3CCCCC3)c3ccc(F)cc3)n2CC2CCCO2)cc1. The number of benzene rings is 2. The molecule has 0 spiro atoms. The van der Waals surface area contributed by atoms with E-state index in [0.29, 0.717) is 17.4 Å². The second kappa shape index (κ2) is 14.0. The third-order valence-corrected chi connectivity index (χ3v) is 9.12. The number of nitrogens with one attached hydrogen (secondary N) is 1.